The summed E-state index contributed by atoms with van der Waals surface area (Å²) < 4.78 is 5.50. The first kappa shape index (κ1) is 14.6. The van der Waals surface area contributed by atoms with E-state index in [1.54, 1.807) is 6.26 Å². The molecule has 0 saturated carbocycles. The van der Waals surface area contributed by atoms with Gasteiger partial charge < -0.3 is 9.73 Å². The van der Waals surface area contributed by atoms with E-state index in [1.807, 2.05) is 12.1 Å². The Labute approximate surface area is 119 Å². The molecule has 1 aromatic heterocycles. The Morgan fingerprint density at radius 3 is 2.95 bits per heavy atom. The molecule has 1 amide bonds. The average Bonchev–Trinajstić information content (AvgIpc) is 3.12. The Morgan fingerprint density at radius 1 is 1.50 bits per heavy atom. The van der Waals surface area contributed by atoms with Crippen LogP contribution in [0.3, 0.4) is 0 Å². The van der Waals surface area contributed by atoms with Gasteiger partial charge in [-0.15, -0.1) is 6.42 Å². The predicted molar refractivity (Wildman–Crippen MR) is 77.0 cm³/mol. The Morgan fingerprint density at radius 2 is 2.30 bits per heavy atom. The molecule has 0 spiro atoms. The Hall–Kier alpha value is -1.77. The number of hydrogen-bond acceptors (Lipinski definition) is 4. The maximum Gasteiger partial charge on any atom is 0.234 e. The van der Waals surface area contributed by atoms with Gasteiger partial charge in [-0.2, -0.15) is 0 Å². The topological polar surface area (TPSA) is 57.5 Å². The van der Waals surface area contributed by atoms with Crippen LogP contribution >= 0.6 is 0 Å². The maximum atomic E-state index is 11.7. The fourth-order valence-electron chi connectivity index (χ4n) is 2.46. The minimum absolute atomic E-state index is 0.0454. The van der Waals surface area contributed by atoms with E-state index in [-0.39, 0.29) is 18.5 Å². The van der Waals surface area contributed by atoms with Crippen molar-refractivity contribution in [1.29, 1.82) is 0 Å². The minimum atomic E-state index is -0.0454. The summed E-state index contributed by atoms with van der Waals surface area (Å²) in [5.74, 6) is 3.30. The number of rotatable bonds is 7. The standard InChI is InChI=1S/C15H21N3O2/c1-2-7-16-12-15(19)17-11-13(14-6-5-10-20-14)18-8-3-4-9-18/h1,5-6,10,13,16H,3-4,7-9,11-12H2,(H,17,19). The molecule has 1 unspecified atom stereocenters. The van der Waals surface area contributed by atoms with Gasteiger partial charge in [0.1, 0.15) is 5.76 Å². The molecule has 20 heavy (non-hydrogen) atoms. The third-order valence-corrected chi connectivity index (χ3v) is 3.46. The van der Waals surface area contributed by atoms with Crippen LogP contribution in [0.5, 0.6) is 0 Å². The molecule has 5 nitrogen and oxygen atoms in total. The van der Waals surface area contributed by atoms with Crippen molar-refractivity contribution in [2.75, 3.05) is 32.7 Å². The van der Waals surface area contributed by atoms with E-state index < -0.39 is 0 Å². The Kier molecular flexibility index (Phi) is 5.66. The van der Waals surface area contributed by atoms with Gasteiger partial charge in [0.2, 0.25) is 5.91 Å². The van der Waals surface area contributed by atoms with Crippen LogP contribution in [0.15, 0.2) is 22.8 Å². The van der Waals surface area contributed by atoms with E-state index in [1.165, 1.54) is 12.8 Å². The van der Waals surface area contributed by atoms with Crippen molar-refractivity contribution >= 4 is 5.91 Å². The van der Waals surface area contributed by atoms with Gasteiger partial charge in [0.15, 0.2) is 0 Å². The van der Waals surface area contributed by atoms with Crippen molar-refractivity contribution in [3.63, 3.8) is 0 Å². The van der Waals surface area contributed by atoms with E-state index in [4.69, 9.17) is 10.8 Å². The molecule has 1 aliphatic rings. The highest BCUT2D eigenvalue weighted by molar-refractivity contribution is 5.78. The molecule has 0 aromatic carbocycles. The second-order valence-corrected chi connectivity index (χ2v) is 4.89. The fraction of sp³-hybridized carbons (Fsp3) is 0.533. The van der Waals surface area contributed by atoms with Gasteiger partial charge in [-0.25, -0.2) is 0 Å². The van der Waals surface area contributed by atoms with Gasteiger partial charge in [0, 0.05) is 6.54 Å². The van der Waals surface area contributed by atoms with Gasteiger partial charge in [0.25, 0.3) is 0 Å². The molecular weight excluding hydrogens is 254 g/mol. The number of hydrogen-bond donors (Lipinski definition) is 2. The number of carbonyl (C=O) groups excluding carboxylic acids is 1. The zero-order valence-corrected chi connectivity index (χ0v) is 11.6. The maximum absolute atomic E-state index is 11.7. The van der Waals surface area contributed by atoms with Crippen LogP contribution in [0.2, 0.25) is 0 Å². The molecule has 2 N–H and O–H groups in total. The summed E-state index contributed by atoms with van der Waals surface area (Å²) >= 11 is 0. The van der Waals surface area contributed by atoms with E-state index in [2.05, 4.69) is 21.5 Å². The molecule has 0 radical (unpaired) electrons. The highest BCUT2D eigenvalue weighted by atomic mass is 16.3. The van der Waals surface area contributed by atoms with Gasteiger partial charge in [-0.05, 0) is 38.1 Å². The van der Waals surface area contributed by atoms with Crippen molar-refractivity contribution in [2.45, 2.75) is 18.9 Å². The molecule has 1 fully saturated rings. The number of nitrogens with one attached hydrogen (secondary N) is 2. The molecule has 0 aliphatic carbocycles. The number of furan rings is 1. The molecule has 1 aromatic rings. The van der Waals surface area contributed by atoms with Gasteiger partial charge in [-0.3, -0.25) is 15.0 Å². The lowest BCUT2D eigenvalue weighted by Crippen LogP contribution is -2.40. The van der Waals surface area contributed by atoms with Gasteiger partial charge in [0.05, 0.1) is 25.4 Å². The number of likely N-dealkylation sites (tertiary alicyclic amines) is 1. The van der Waals surface area contributed by atoms with Crippen molar-refractivity contribution in [3.8, 4) is 12.3 Å². The quantitative estimate of drug-likeness (QED) is 0.570. The predicted octanol–water partition coefficient (Wildman–Crippen LogP) is 0.755. The average molecular weight is 275 g/mol. The molecule has 5 heteroatoms. The first-order valence-corrected chi connectivity index (χ1v) is 6.99. The van der Waals surface area contributed by atoms with E-state index in [0.717, 1.165) is 18.8 Å². The van der Waals surface area contributed by atoms with Crippen molar-refractivity contribution < 1.29 is 9.21 Å². The molecule has 0 bridgehead atoms. The van der Waals surface area contributed by atoms with Gasteiger partial charge in [-0.1, -0.05) is 5.92 Å². The third kappa shape index (κ3) is 4.12. The lowest BCUT2D eigenvalue weighted by molar-refractivity contribution is -0.120. The van der Waals surface area contributed by atoms with Crippen molar-refractivity contribution in [2.24, 2.45) is 0 Å². The van der Waals surface area contributed by atoms with Crippen LogP contribution in [0.4, 0.5) is 0 Å². The number of amides is 1. The minimum Gasteiger partial charge on any atom is -0.468 e. The summed E-state index contributed by atoms with van der Waals surface area (Å²) in [6.07, 6.45) is 9.20. The van der Waals surface area contributed by atoms with E-state index in [0.29, 0.717) is 13.1 Å². The van der Waals surface area contributed by atoms with Crippen molar-refractivity contribution in [3.05, 3.63) is 24.2 Å². The smallest absolute Gasteiger partial charge is 0.234 e. The summed E-state index contributed by atoms with van der Waals surface area (Å²) in [4.78, 5) is 14.1. The lowest BCUT2D eigenvalue weighted by Gasteiger charge is -2.26. The highest BCUT2D eigenvalue weighted by Gasteiger charge is 2.25. The summed E-state index contributed by atoms with van der Waals surface area (Å²) in [5.41, 5.74) is 0. The second kappa shape index (κ2) is 7.73. The van der Waals surface area contributed by atoms with Crippen LogP contribution in [-0.4, -0.2) is 43.5 Å². The van der Waals surface area contributed by atoms with Crippen LogP contribution in [0.25, 0.3) is 0 Å². The molecule has 2 rings (SSSR count). The van der Waals surface area contributed by atoms with Crippen LogP contribution in [-0.2, 0) is 4.79 Å². The van der Waals surface area contributed by atoms with E-state index >= 15 is 0 Å². The van der Waals surface area contributed by atoms with Crippen LogP contribution in [0, 0.1) is 12.3 Å². The largest absolute Gasteiger partial charge is 0.468 e. The van der Waals surface area contributed by atoms with Crippen LogP contribution in [0.1, 0.15) is 24.6 Å². The Bertz CT molecular complexity index is 444. The summed E-state index contributed by atoms with van der Waals surface area (Å²) in [6.45, 7) is 3.31. The summed E-state index contributed by atoms with van der Waals surface area (Å²) in [7, 11) is 0. The number of nitrogens with zero attached hydrogens (tertiary/aromatic N) is 1. The van der Waals surface area contributed by atoms with Crippen LogP contribution < -0.4 is 10.6 Å². The normalized spacial score (nSPS) is 16.8. The zero-order valence-electron chi connectivity index (χ0n) is 11.6. The first-order valence-electron chi connectivity index (χ1n) is 6.99. The SMILES string of the molecule is C#CCNCC(=O)NCC(c1ccco1)N1CCCC1. The third-order valence-electron chi connectivity index (χ3n) is 3.46. The summed E-state index contributed by atoms with van der Waals surface area (Å²) in [6, 6.07) is 3.96. The number of carbonyl (C=O) groups is 1. The highest BCUT2D eigenvalue weighted by Crippen LogP contribution is 2.24. The Balaban J connectivity index is 1.85. The lowest BCUT2D eigenvalue weighted by atomic mass is 10.2. The molecule has 108 valence electrons. The monoisotopic (exact) mass is 275 g/mol. The molecule has 1 saturated heterocycles. The first-order chi connectivity index (χ1) is 9.81. The molecule has 1 aliphatic heterocycles. The van der Waals surface area contributed by atoms with Gasteiger partial charge >= 0.3 is 0 Å². The molecule has 2 heterocycles. The van der Waals surface area contributed by atoms with Crippen molar-refractivity contribution in [1.82, 2.24) is 15.5 Å². The second-order valence-electron chi connectivity index (χ2n) is 4.89. The molecule has 1 atom stereocenters. The van der Waals surface area contributed by atoms with E-state index in [9.17, 15) is 4.79 Å². The zero-order chi connectivity index (χ0) is 14.2. The number of terminal acetylenes is 1. The fourth-order valence-corrected chi connectivity index (χ4v) is 2.46. The summed E-state index contributed by atoms with van der Waals surface area (Å²) in [5, 5.41) is 5.81. The molecular formula is C15H21N3O2.